The van der Waals surface area contributed by atoms with Gasteiger partial charge >= 0.3 is 5.97 Å². The van der Waals surface area contributed by atoms with Crippen LogP contribution in [0, 0.1) is 0 Å². The normalized spacial score (nSPS) is 11.0. The van der Waals surface area contributed by atoms with Crippen LogP contribution in [0.15, 0.2) is 66.4 Å². The highest BCUT2D eigenvalue weighted by molar-refractivity contribution is 5.93. The Morgan fingerprint density at radius 1 is 1.05 bits per heavy atom. The topological polar surface area (TPSA) is 38.3 Å². The minimum Gasteiger partial charge on any atom is -0.461 e. The number of nitrogens with one attached hydrogen (secondary N) is 1. The Kier molecular flexibility index (Phi) is 5.59. The summed E-state index contributed by atoms with van der Waals surface area (Å²) < 4.78 is 5.09. The van der Waals surface area contributed by atoms with E-state index in [1.54, 1.807) is 13.0 Å². The lowest BCUT2D eigenvalue weighted by Crippen LogP contribution is -2.22. The molecule has 0 spiro atoms. The molecule has 0 bridgehead atoms. The van der Waals surface area contributed by atoms with Crippen LogP contribution in [0.4, 0.5) is 0 Å². The van der Waals surface area contributed by atoms with Gasteiger partial charge in [-0.3, -0.25) is 0 Å². The maximum atomic E-state index is 12.0. The number of ether oxygens (including phenoxy) is 1. The van der Waals surface area contributed by atoms with Gasteiger partial charge in [0, 0.05) is 6.54 Å². The Bertz CT molecular complexity index is 591. The quantitative estimate of drug-likeness (QED) is 0.651. The summed E-state index contributed by atoms with van der Waals surface area (Å²) in [5, 5.41) is 3.16. The van der Waals surface area contributed by atoms with Crippen molar-refractivity contribution in [3.05, 3.63) is 77.5 Å². The van der Waals surface area contributed by atoms with Crippen molar-refractivity contribution in [2.24, 2.45) is 0 Å². The summed E-state index contributed by atoms with van der Waals surface area (Å²) in [5.74, 6) is -0.336. The fourth-order valence-corrected chi connectivity index (χ4v) is 1.90. The van der Waals surface area contributed by atoms with Gasteiger partial charge in [0.05, 0.1) is 6.61 Å². The molecule has 1 N–H and O–H groups in total. The molecule has 0 unspecified atom stereocenters. The molecular formula is C18H19NO2. The molecule has 2 aromatic rings. The molecule has 0 saturated heterocycles. The number of hydrogen-bond acceptors (Lipinski definition) is 3. The second-order valence-corrected chi connectivity index (χ2v) is 4.53. The van der Waals surface area contributed by atoms with Crippen molar-refractivity contribution in [3.63, 3.8) is 0 Å². The van der Waals surface area contributed by atoms with E-state index in [4.69, 9.17) is 4.74 Å². The molecule has 0 aliphatic rings. The molecule has 3 nitrogen and oxygen atoms in total. The van der Waals surface area contributed by atoms with Gasteiger partial charge in [-0.05, 0) is 24.1 Å². The zero-order valence-electron chi connectivity index (χ0n) is 12.1. The van der Waals surface area contributed by atoms with Crippen LogP contribution < -0.4 is 5.32 Å². The van der Waals surface area contributed by atoms with Crippen LogP contribution in [0.3, 0.4) is 0 Å². The molecule has 108 valence electrons. The number of carbonyl (C=O) groups is 1. The van der Waals surface area contributed by atoms with Crippen molar-refractivity contribution in [1.82, 2.24) is 5.32 Å². The van der Waals surface area contributed by atoms with Crippen molar-refractivity contribution in [2.75, 3.05) is 6.61 Å². The Morgan fingerprint density at radius 3 is 2.29 bits per heavy atom. The predicted molar refractivity (Wildman–Crippen MR) is 84.3 cm³/mol. The molecule has 0 amide bonds. The van der Waals surface area contributed by atoms with Gasteiger partial charge in [-0.1, -0.05) is 60.7 Å². The van der Waals surface area contributed by atoms with Crippen molar-refractivity contribution in [1.29, 1.82) is 0 Å². The first kappa shape index (κ1) is 14.9. The summed E-state index contributed by atoms with van der Waals surface area (Å²) in [6.07, 6.45) is 1.81. The largest absolute Gasteiger partial charge is 0.461 e. The third-order valence-corrected chi connectivity index (χ3v) is 2.93. The zero-order valence-corrected chi connectivity index (χ0v) is 12.1. The third kappa shape index (κ3) is 4.80. The van der Waals surface area contributed by atoms with Crippen molar-refractivity contribution in [3.8, 4) is 0 Å². The molecule has 0 aliphatic carbocycles. The Hall–Kier alpha value is -2.55. The lowest BCUT2D eigenvalue weighted by atomic mass is 10.2. The fourth-order valence-electron chi connectivity index (χ4n) is 1.90. The summed E-state index contributed by atoms with van der Waals surface area (Å²) in [4.78, 5) is 12.0. The summed E-state index contributed by atoms with van der Waals surface area (Å²) in [5.41, 5.74) is 2.54. The minimum absolute atomic E-state index is 0.336. The van der Waals surface area contributed by atoms with E-state index in [-0.39, 0.29) is 5.97 Å². The maximum absolute atomic E-state index is 12.0. The molecule has 2 rings (SSSR count). The van der Waals surface area contributed by atoms with Crippen LogP contribution in [0.2, 0.25) is 0 Å². The van der Waals surface area contributed by atoms with Crippen LogP contribution in [-0.4, -0.2) is 12.6 Å². The van der Waals surface area contributed by atoms with Crippen LogP contribution in [0.5, 0.6) is 0 Å². The molecule has 0 aromatic heterocycles. The van der Waals surface area contributed by atoms with Crippen LogP contribution in [-0.2, 0) is 16.1 Å². The second kappa shape index (κ2) is 7.90. The molecule has 0 atom stereocenters. The molecule has 0 heterocycles. The van der Waals surface area contributed by atoms with Gasteiger partial charge in [0.1, 0.15) is 5.70 Å². The van der Waals surface area contributed by atoms with E-state index in [0.29, 0.717) is 18.8 Å². The molecule has 3 heteroatoms. The van der Waals surface area contributed by atoms with Crippen molar-refractivity contribution >= 4 is 12.0 Å². The first-order valence-corrected chi connectivity index (χ1v) is 7.01. The molecule has 0 saturated carbocycles. The molecule has 0 radical (unpaired) electrons. The average molecular weight is 281 g/mol. The van der Waals surface area contributed by atoms with Gasteiger partial charge < -0.3 is 10.1 Å². The fraction of sp³-hybridized carbons (Fsp3) is 0.167. The average Bonchev–Trinajstić information content (AvgIpc) is 2.53. The smallest absolute Gasteiger partial charge is 0.354 e. The highest BCUT2D eigenvalue weighted by Crippen LogP contribution is 2.08. The summed E-state index contributed by atoms with van der Waals surface area (Å²) in [7, 11) is 0. The van der Waals surface area contributed by atoms with E-state index < -0.39 is 0 Å². The van der Waals surface area contributed by atoms with E-state index >= 15 is 0 Å². The number of rotatable bonds is 6. The van der Waals surface area contributed by atoms with Crippen LogP contribution in [0.25, 0.3) is 6.08 Å². The summed E-state index contributed by atoms with van der Waals surface area (Å²) >= 11 is 0. The summed E-state index contributed by atoms with van der Waals surface area (Å²) in [6, 6.07) is 19.7. The number of carbonyl (C=O) groups excluding carboxylic acids is 1. The first-order chi connectivity index (χ1) is 10.3. The molecule has 0 aliphatic heterocycles. The van der Waals surface area contributed by atoms with E-state index in [2.05, 4.69) is 5.32 Å². The van der Waals surface area contributed by atoms with Gasteiger partial charge in [0.15, 0.2) is 0 Å². The van der Waals surface area contributed by atoms with E-state index in [1.165, 1.54) is 0 Å². The Morgan fingerprint density at radius 2 is 1.67 bits per heavy atom. The maximum Gasteiger partial charge on any atom is 0.354 e. The van der Waals surface area contributed by atoms with E-state index in [9.17, 15) is 4.79 Å². The molecule has 0 fully saturated rings. The monoisotopic (exact) mass is 281 g/mol. The first-order valence-electron chi connectivity index (χ1n) is 7.01. The second-order valence-electron chi connectivity index (χ2n) is 4.53. The van der Waals surface area contributed by atoms with Crippen molar-refractivity contribution < 1.29 is 9.53 Å². The lowest BCUT2D eigenvalue weighted by Gasteiger charge is -2.10. The zero-order chi connectivity index (χ0) is 14.9. The highest BCUT2D eigenvalue weighted by Gasteiger charge is 2.10. The van der Waals surface area contributed by atoms with Gasteiger partial charge in [0.2, 0.25) is 0 Å². The standard InChI is InChI=1S/C18H19NO2/c1-2-21-18(20)17(13-15-9-5-3-6-10-15)19-14-16-11-7-4-8-12-16/h3-13,19H,2,14H2,1H3. The SMILES string of the molecule is CCOC(=O)C(=Cc1ccccc1)NCc1ccccc1. The molecular weight excluding hydrogens is 262 g/mol. The van der Waals surface area contributed by atoms with Gasteiger partial charge in [-0.25, -0.2) is 4.79 Å². The van der Waals surface area contributed by atoms with Gasteiger partial charge in [0.25, 0.3) is 0 Å². The van der Waals surface area contributed by atoms with Crippen molar-refractivity contribution in [2.45, 2.75) is 13.5 Å². The highest BCUT2D eigenvalue weighted by atomic mass is 16.5. The number of benzene rings is 2. The van der Waals surface area contributed by atoms with Gasteiger partial charge in [-0.2, -0.15) is 0 Å². The number of esters is 1. The molecule has 21 heavy (non-hydrogen) atoms. The van der Waals surface area contributed by atoms with Crippen LogP contribution in [0.1, 0.15) is 18.1 Å². The Labute approximate surface area is 125 Å². The van der Waals surface area contributed by atoms with Gasteiger partial charge in [-0.15, -0.1) is 0 Å². The number of hydrogen-bond donors (Lipinski definition) is 1. The lowest BCUT2D eigenvalue weighted by molar-refractivity contribution is -0.138. The van der Waals surface area contributed by atoms with E-state index in [0.717, 1.165) is 11.1 Å². The van der Waals surface area contributed by atoms with Crippen LogP contribution >= 0.6 is 0 Å². The van der Waals surface area contributed by atoms with E-state index in [1.807, 2.05) is 60.7 Å². The Balaban J connectivity index is 2.13. The predicted octanol–water partition coefficient (Wildman–Crippen LogP) is 3.38. The molecule has 2 aromatic carbocycles. The minimum atomic E-state index is -0.336. The summed E-state index contributed by atoms with van der Waals surface area (Å²) in [6.45, 7) is 2.74. The third-order valence-electron chi connectivity index (χ3n) is 2.93.